The van der Waals surface area contributed by atoms with E-state index in [0.29, 0.717) is 12.0 Å². The third-order valence-corrected chi connectivity index (χ3v) is 1.98. The molecule has 1 aromatic rings. The van der Waals surface area contributed by atoms with Crippen molar-refractivity contribution in [1.29, 1.82) is 0 Å². The number of ether oxygens (including phenoxy) is 1. The van der Waals surface area contributed by atoms with Gasteiger partial charge in [-0.3, -0.25) is 10.1 Å². The quantitative estimate of drug-likeness (QED) is 0.430. The molecule has 0 aliphatic carbocycles. The molecule has 0 aliphatic heterocycles. The second-order valence-electron chi connectivity index (χ2n) is 2.86. The molecule has 15 heavy (non-hydrogen) atoms. The molecule has 0 saturated carbocycles. The second kappa shape index (κ2) is 4.96. The molecule has 0 saturated heterocycles. The summed E-state index contributed by atoms with van der Waals surface area (Å²) in [6.45, 7) is 6.90. The predicted octanol–water partition coefficient (Wildman–Crippen LogP) is 2.07. The molecule has 0 atom stereocenters. The summed E-state index contributed by atoms with van der Waals surface area (Å²) in [6.07, 6.45) is 0.372. The Kier molecular flexibility index (Phi) is 3.63. The van der Waals surface area contributed by atoms with E-state index in [9.17, 15) is 10.1 Å². The molecule has 1 aromatic carbocycles. The molecule has 1 rings (SSSR count). The zero-order chi connectivity index (χ0) is 11.3. The normalized spacial score (nSPS) is 9.33. The maximum absolute atomic E-state index is 10.8. The predicted molar refractivity (Wildman–Crippen MR) is 54.8 cm³/mol. The molecule has 0 unspecified atom stereocenters. The number of para-hydroxylation sites is 1. The summed E-state index contributed by atoms with van der Waals surface area (Å²) >= 11 is 0. The molecule has 5 heteroatoms. The summed E-state index contributed by atoms with van der Waals surface area (Å²) < 4.78 is 4.91. The van der Waals surface area contributed by atoms with E-state index in [0.717, 1.165) is 0 Å². The van der Waals surface area contributed by atoms with Gasteiger partial charge in [0.15, 0.2) is 5.75 Å². The van der Waals surface area contributed by atoms with E-state index < -0.39 is 4.92 Å². The van der Waals surface area contributed by atoms with Gasteiger partial charge in [-0.25, -0.2) is 6.57 Å². The van der Waals surface area contributed by atoms with Crippen LogP contribution in [0.4, 0.5) is 5.69 Å². The Morgan fingerprint density at radius 2 is 2.33 bits per heavy atom. The van der Waals surface area contributed by atoms with Crippen molar-refractivity contribution in [2.24, 2.45) is 0 Å². The van der Waals surface area contributed by atoms with Gasteiger partial charge in [0, 0.05) is 5.56 Å². The third-order valence-electron chi connectivity index (χ3n) is 1.98. The van der Waals surface area contributed by atoms with Crippen LogP contribution in [0, 0.1) is 16.7 Å². The molecular formula is C10H10N2O3. The van der Waals surface area contributed by atoms with Crippen molar-refractivity contribution in [3.05, 3.63) is 45.3 Å². The van der Waals surface area contributed by atoms with Crippen LogP contribution in [0.3, 0.4) is 0 Å². The minimum atomic E-state index is -0.474. The van der Waals surface area contributed by atoms with Gasteiger partial charge in [-0.2, -0.15) is 0 Å². The van der Waals surface area contributed by atoms with Crippen molar-refractivity contribution in [2.75, 3.05) is 13.7 Å². The zero-order valence-corrected chi connectivity index (χ0v) is 8.27. The Balaban J connectivity index is 3.14. The number of benzene rings is 1. The van der Waals surface area contributed by atoms with E-state index >= 15 is 0 Å². The molecule has 0 amide bonds. The van der Waals surface area contributed by atoms with Crippen molar-refractivity contribution < 1.29 is 9.66 Å². The van der Waals surface area contributed by atoms with Gasteiger partial charge < -0.3 is 9.58 Å². The number of methoxy groups -OCH3 is 1. The lowest BCUT2D eigenvalue weighted by Crippen LogP contribution is -1.99. The van der Waals surface area contributed by atoms with Crippen molar-refractivity contribution in [3.63, 3.8) is 0 Å². The number of hydrogen-bond acceptors (Lipinski definition) is 3. The lowest BCUT2D eigenvalue weighted by atomic mass is 10.1. The van der Waals surface area contributed by atoms with Crippen LogP contribution in [-0.2, 0) is 6.42 Å². The fourth-order valence-corrected chi connectivity index (χ4v) is 1.32. The number of rotatable bonds is 4. The lowest BCUT2D eigenvalue weighted by Gasteiger charge is -2.04. The molecule has 0 N–H and O–H groups in total. The number of hydrogen-bond donors (Lipinski definition) is 0. The van der Waals surface area contributed by atoms with Crippen LogP contribution in [0.25, 0.3) is 4.85 Å². The minimum Gasteiger partial charge on any atom is -0.490 e. The fraction of sp³-hybridized carbons (Fsp3) is 0.300. The van der Waals surface area contributed by atoms with Crippen molar-refractivity contribution in [1.82, 2.24) is 0 Å². The second-order valence-corrected chi connectivity index (χ2v) is 2.86. The summed E-state index contributed by atoms with van der Waals surface area (Å²) in [6, 6.07) is 4.87. The van der Waals surface area contributed by atoms with Crippen molar-refractivity contribution in [3.8, 4) is 5.75 Å². The Morgan fingerprint density at radius 3 is 2.87 bits per heavy atom. The standard InChI is InChI=1S/C10H10N2O3/c1-11-7-6-8-4-3-5-9(15-2)10(8)12(13)14/h3-5H,6-7H2,2H3. The first kappa shape index (κ1) is 11.0. The molecule has 0 aromatic heterocycles. The zero-order valence-electron chi connectivity index (χ0n) is 8.27. The monoisotopic (exact) mass is 206 g/mol. The summed E-state index contributed by atoms with van der Waals surface area (Å²) in [5, 5.41) is 10.8. The SMILES string of the molecule is [C-]#[N+]CCc1cccc(OC)c1[N+](=O)[O-]. The van der Waals surface area contributed by atoms with E-state index in [-0.39, 0.29) is 18.0 Å². The van der Waals surface area contributed by atoms with E-state index in [1.165, 1.54) is 7.11 Å². The number of nitro benzene ring substituents is 1. The molecule has 0 bridgehead atoms. The van der Waals surface area contributed by atoms with Gasteiger partial charge in [0.25, 0.3) is 0 Å². The summed E-state index contributed by atoms with van der Waals surface area (Å²) in [4.78, 5) is 13.5. The van der Waals surface area contributed by atoms with Crippen molar-refractivity contribution in [2.45, 2.75) is 6.42 Å². The number of nitro groups is 1. The summed E-state index contributed by atoms with van der Waals surface area (Å²) in [7, 11) is 1.39. The molecule has 0 radical (unpaired) electrons. The van der Waals surface area contributed by atoms with Crippen LogP contribution in [0.2, 0.25) is 0 Å². The molecule has 0 fully saturated rings. The van der Waals surface area contributed by atoms with Crippen LogP contribution < -0.4 is 4.74 Å². The van der Waals surface area contributed by atoms with E-state index in [1.807, 2.05) is 0 Å². The summed E-state index contributed by atoms with van der Waals surface area (Å²) in [5.41, 5.74) is 0.499. The molecule has 0 heterocycles. The van der Waals surface area contributed by atoms with E-state index in [4.69, 9.17) is 11.3 Å². The smallest absolute Gasteiger partial charge is 0.314 e. The molecular weight excluding hydrogens is 196 g/mol. The van der Waals surface area contributed by atoms with Gasteiger partial charge in [0.1, 0.15) is 0 Å². The van der Waals surface area contributed by atoms with E-state index in [2.05, 4.69) is 4.85 Å². The van der Waals surface area contributed by atoms with Crippen molar-refractivity contribution >= 4 is 5.69 Å². The third kappa shape index (κ3) is 2.44. The average molecular weight is 206 g/mol. The molecule has 78 valence electrons. The van der Waals surface area contributed by atoms with Crippen LogP contribution in [0.1, 0.15) is 5.56 Å². The highest BCUT2D eigenvalue weighted by atomic mass is 16.6. The van der Waals surface area contributed by atoms with E-state index in [1.54, 1.807) is 18.2 Å². The van der Waals surface area contributed by atoms with Gasteiger partial charge in [-0.1, -0.05) is 12.1 Å². The Morgan fingerprint density at radius 1 is 1.60 bits per heavy atom. The first-order valence-corrected chi connectivity index (χ1v) is 4.34. The van der Waals surface area contributed by atoms with Gasteiger partial charge in [0.05, 0.1) is 18.5 Å². The highest BCUT2D eigenvalue weighted by Crippen LogP contribution is 2.30. The first-order valence-electron chi connectivity index (χ1n) is 4.34. The number of nitrogens with zero attached hydrogens (tertiary/aromatic N) is 2. The van der Waals surface area contributed by atoms with Gasteiger partial charge in [0.2, 0.25) is 6.54 Å². The first-order chi connectivity index (χ1) is 7.20. The topological polar surface area (TPSA) is 56.7 Å². The molecule has 0 spiro atoms. The minimum absolute atomic E-state index is 0.0383. The Labute approximate surface area is 87.3 Å². The van der Waals surface area contributed by atoms with Crippen LogP contribution in [0.15, 0.2) is 18.2 Å². The lowest BCUT2D eigenvalue weighted by molar-refractivity contribution is -0.386. The largest absolute Gasteiger partial charge is 0.490 e. The van der Waals surface area contributed by atoms with Crippen LogP contribution in [-0.4, -0.2) is 18.6 Å². The van der Waals surface area contributed by atoms with Gasteiger partial charge in [-0.15, -0.1) is 0 Å². The maximum atomic E-state index is 10.8. The highest BCUT2D eigenvalue weighted by Gasteiger charge is 2.20. The van der Waals surface area contributed by atoms with Gasteiger partial charge in [-0.05, 0) is 6.07 Å². The Hall–Kier alpha value is -2.09. The summed E-state index contributed by atoms with van der Waals surface area (Å²) in [5.74, 6) is 0.238. The molecule has 5 nitrogen and oxygen atoms in total. The van der Waals surface area contributed by atoms with Crippen LogP contribution >= 0.6 is 0 Å². The fourth-order valence-electron chi connectivity index (χ4n) is 1.32. The van der Waals surface area contributed by atoms with Crippen LogP contribution in [0.5, 0.6) is 5.75 Å². The van der Waals surface area contributed by atoms with Gasteiger partial charge >= 0.3 is 5.69 Å². The Bertz CT molecular complexity index is 410. The molecule has 0 aliphatic rings. The maximum Gasteiger partial charge on any atom is 0.314 e. The average Bonchev–Trinajstić information content (AvgIpc) is 2.25. The highest BCUT2D eigenvalue weighted by molar-refractivity contribution is 5.52.